The number of aromatic nitrogens is 4. The van der Waals surface area contributed by atoms with Crippen LogP contribution in [0.2, 0.25) is 0 Å². The Hall–Kier alpha value is -9.71. The van der Waals surface area contributed by atoms with Crippen LogP contribution in [0.4, 0.5) is 59.4 Å². The van der Waals surface area contributed by atoms with Gasteiger partial charge in [0, 0.05) is 104 Å². The lowest BCUT2D eigenvalue weighted by molar-refractivity contribution is -0.221. The SMILES string of the molecule is COC(=O)N[C@H](C(=O)N[C@@H](Cc1ccc(C#Cc2cnc(N3CC4CCC(C3)N4C3COC3)nc2)cc1)[C@H](CN(Cc1c(F)cc(-c2ccn(C(F)F)n2)cc1F)NC(=O)[C@@H](NC(=O)OC)C(C)(C)C(F)(F)F)OC(=O)CC(C)(C)c1c(CC(=O)NC2(C(=O)O)CCOCC2)cc(C)cc1OP(=O)(O)O)C(C)(C)C(F)(F)F. The molecular weight excluding hydrogens is 1530 g/mol. The van der Waals surface area contributed by atoms with Gasteiger partial charge < -0.3 is 59.5 Å². The number of fused-ring (bicyclic) bond motifs is 2. The average molecular weight is 1610 g/mol. The van der Waals surface area contributed by atoms with Gasteiger partial charge in [0.05, 0.1) is 81.0 Å². The van der Waals surface area contributed by atoms with E-state index in [1.807, 2.05) is 5.32 Å². The van der Waals surface area contributed by atoms with Gasteiger partial charge in [-0.1, -0.05) is 43.9 Å². The van der Waals surface area contributed by atoms with E-state index in [-0.39, 0.29) is 53.0 Å². The van der Waals surface area contributed by atoms with Crippen molar-refractivity contribution >= 4 is 55.6 Å². The number of aliphatic carboxylic acids is 1. The number of nitrogens with zero attached hydrogens (tertiary/aromatic N) is 7. The van der Waals surface area contributed by atoms with E-state index < -0.39 is 181 Å². The summed E-state index contributed by atoms with van der Waals surface area (Å²) in [7, 11) is -4.14. The normalized spacial score (nSPS) is 18.0. The van der Waals surface area contributed by atoms with Crippen LogP contribution in [-0.4, -0.2) is 207 Å². The number of rotatable bonds is 29. The molecule has 0 spiro atoms. The van der Waals surface area contributed by atoms with Crippen molar-refractivity contribution in [2.45, 2.75) is 172 Å². The number of benzene rings is 3. The lowest BCUT2D eigenvalue weighted by Gasteiger charge is -2.47. The third kappa shape index (κ3) is 20.7. The molecule has 4 aliphatic rings. The van der Waals surface area contributed by atoms with E-state index >= 15 is 44.7 Å². The Labute approximate surface area is 635 Å². The number of alkyl halides is 8. The maximum Gasteiger partial charge on any atom is 0.524 e. The number of alkyl carbamates (subject to hydrolysis) is 2. The molecule has 2 unspecified atom stereocenters. The summed E-state index contributed by atoms with van der Waals surface area (Å²) in [5.74, 6) is -4.84. The summed E-state index contributed by atoms with van der Waals surface area (Å²) in [6, 6.07) is 3.61. The van der Waals surface area contributed by atoms with Crippen molar-refractivity contribution in [2.24, 2.45) is 10.8 Å². The fraction of sp³-hybridized carbons (Fsp3) is 0.528. The molecule has 5 amide bonds. The molecule has 0 radical (unpaired) electrons. The van der Waals surface area contributed by atoms with Crippen molar-refractivity contribution in [3.8, 4) is 28.8 Å². The summed E-state index contributed by atoms with van der Waals surface area (Å²) < 4.78 is 197. The van der Waals surface area contributed by atoms with Crippen molar-refractivity contribution in [1.29, 1.82) is 0 Å². The van der Waals surface area contributed by atoms with Gasteiger partial charge in [0.1, 0.15) is 41.1 Å². The Morgan fingerprint density at radius 3 is 1.83 bits per heavy atom. The molecule has 4 saturated heterocycles. The topological polar surface area (TPSA) is 366 Å². The molecular formula is C72H85F10N12O17P. The van der Waals surface area contributed by atoms with Crippen molar-refractivity contribution in [3.63, 3.8) is 0 Å². The summed E-state index contributed by atoms with van der Waals surface area (Å²) >= 11 is 0. The minimum atomic E-state index is -5.61. The highest BCUT2D eigenvalue weighted by atomic mass is 31.2. The number of amides is 5. The van der Waals surface area contributed by atoms with Crippen LogP contribution in [0, 0.1) is 41.2 Å². The van der Waals surface area contributed by atoms with Gasteiger partial charge in [0.25, 0.3) is 5.91 Å². The number of nitrogens with one attached hydrogen (secondary N) is 5. The number of hydrazine groups is 1. The second-order valence-corrected chi connectivity index (χ2v) is 30.6. The number of carboxylic acids is 1. The van der Waals surface area contributed by atoms with Gasteiger partial charge in [-0.3, -0.25) is 39.3 Å². The second kappa shape index (κ2) is 34.7. The van der Waals surface area contributed by atoms with Crippen LogP contribution >= 0.6 is 7.82 Å². The molecule has 610 valence electrons. The van der Waals surface area contributed by atoms with Crippen molar-refractivity contribution in [3.05, 3.63) is 124 Å². The number of carboxylic acid groups (broad SMARTS) is 1. The molecule has 2 aromatic heterocycles. The molecule has 4 aliphatic heterocycles. The Balaban J connectivity index is 1.17. The Morgan fingerprint density at radius 1 is 0.759 bits per heavy atom. The zero-order valence-corrected chi connectivity index (χ0v) is 63.0. The number of piperazine rings is 1. The number of ether oxygens (including phenoxy) is 5. The number of carbonyl (C=O) groups is 7. The van der Waals surface area contributed by atoms with Crippen LogP contribution in [0.3, 0.4) is 0 Å². The highest BCUT2D eigenvalue weighted by Gasteiger charge is 2.58. The van der Waals surface area contributed by atoms with Gasteiger partial charge >= 0.3 is 50.8 Å². The summed E-state index contributed by atoms with van der Waals surface area (Å²) in [4.78, 5) is 133. The van der Waals surface area contributed by atoms with Gasteiger partial charge in [-0.2, -0.15) is 40.2 Å². The van der Waals surface area contributed by atoms with E-state index in [1.165, 1.54) is 63.5 Å². The van der Waals surface area contributed by atoms with Crippen molar-refractivity contribution in [2.75, 3.05) is 65.2 Å². The Bertz CT molecular complexity index is 4360. The zero-order chi connectivity index (χ0) is 82.4. The fourth-order valence-electron chi connectivity index (χ4n) is 13.8. The molecule has 5 aromatic rings. The van der Waals surface area contributed by atoms with Crippen LogP contribution in [-0.2, 0) is 77.0 Å². The number of phosphoric acid groups is 1. The first kappa shape index (κ1) is 86.3. The number of hydrogen-bond donors (Lipinski definition) is 8. The molecule has 2 bridgehead atoms. The molecule has 6 heterocycles. The van der Waals surface area contributed by atoms with Crippen LogP contribution in [0.15, 0.2) is 73.2 Å². The molecule has 6 atom stereocenters. The predicted octanol–water partition coefficient (Wildman–Crippen LogP) is 8.00. The molecule has 112 heavy (non-hydrogen) atoms. The minimum absolute atomic E-state index is 0.0791. The number of anilines is 1. The van der Waals surface area contributed by atoms with Crippen LogP contribution < -0.4 is 36.1 Å². The maximum absolute atomic E-state index is 16.9. The van der Waals surface area contributed by atoms with Crippen LogP contribution in [0.25, 0.3) is 11.3 Å². The predicted molar refractivity (Wildman–Crippen MR) is 375 cm³/mol. The van der Waals surface area contributed by atoms with Crippen LogP contribution in [0.1, 0.15) is 119 Å². The highest BCUT2D eigenvalue weighted by Crippen LogP contribution is 2.47. The summed E-state index contributed by atoms with van der Waals surface area (Å²) in [6.45, 7) is 2.53. The van der Waals surface area contributed by atoms with Gasteiger partial charge in [-0.25, -0.2) is 47.4 Å². The van der Waals surface area contributed by atoms with E-state index in [0.717, 1.165) is 45.4 Å². The first-order chi connectivity index (χ1) is 52.3. The monoisotopic (exact) mass is 1610 g/mol. The van der Waals surface area contributed by atoms with Gasteiger partial charge in [-0.05, 0) is 107 Å². The fourth-order valence-corrected chi connectivity index (χ4v) is 14.2. The molecule has 0 saturated carbocycles. The van der Waals surface area contributed by atoms with E-state index in [0.29, 0.717) is 106 Å². The van der Waals surface area contributed by atoms with E-state index in [1.54, 1.807) is 5.32 Å². The Morgan fingerprint density at radius 2 is 1.32 bits per heavy atom. The van der Waals surface area contributed by atoms with E-state index in [9.17, 15) is 52.2 Å². The average Bonchev–Trinajstić information content (AvgIpc) is 1.62. The third-order valence-corrected chi connectivity index (χ3v) is 20.6. The van der Waals surface area contributed by atoms with Gasteiger partial charge in [0.15, 0.2) is 0 Å². The molecule has 4 fully saturated rings. The first-order valence-corrected chi connectivity index (χ1v) is 36.6. The third-order valence-electron chi connectivity index (χ3n) is 20.2. The lowest BCUT2D eigenvalue weighted by Crippen LogP contribution is -2.64. The summed E-state index contributed by atoms with van der Waals surface area (Å²) in [6.07, 6.45) is -13.5. The number of halogens is 10. The minimum Gasteiger partial charge on any atom is -0.480 e. The van der Waals surface area contributed by atoms with Crippen molar-refractivity contribution in [1.82, 2.24) is 56.4 Å². The number of carbonyl (C=O) groups excluding carboxylic acids is 6. The molecule has 8 N–H and O–H groups in total. The standard InChI is InChI=1S/C72H85F10N12O17P/c1-39-24-44(29-55(95)88-70(62(99)100)19-22-108-23-20-70)57(53(25-39)111-112(103,104)105)67(2,3)30-56(96)110-54(36-92(90-61(98)59(87-66(102)107-9)69(6,7)72(80,81)82)35-48-49(73)27-43(28-50(48)74)51-18-21-93(89-51)63(75)76)52(85-60(97)58(86-65(101)106-8)68(4,5)71(77,78)79)26-41-13-10-40(11-14-41)12-15-42-31-83-64(84-32-42)91-33-45-16-17-46(34-91)94(45)47-37-109-38-47/h10-11,13-14,18,21,24-25,27-28,31-32,45-47,52,54,58-59,63H,16-17,19-20,22-23,26,29-30,33-38H2,1-9H3,(H,85,97)(H,86,101)(H,87,102)(H,88,95)(H,90,98)(H,99,100)(H2,103,104,105)/t45?,46?,52-,54-,58+,59+/m0/s1. The Kier molecular flexibility index (Phi) is 26.7. The summed E-state index contributed by atoms with van der Waals surface area (Å²) in [5.41, 5.74) is -9.85. The summed E-state index contributed by atoms with van der Waals surface area (Å²) in [5, 5.41) is 22.9. The second-order valence-electron chi connectivity index (χ2n) is 29.5. The number of hydrogen-bond acceptors (Lipinski definition) is 20. The number of aryl methyl sites for hydroxylation is 1. The van der Waals surface area contributed by atoms with E-state index in [4.69, 9.17) is 18.7 Å². The van der Waals surface area contributed by atoms with Gasteiger partial charge in [-0.15, -0.1) is 0 Å². The molecule has 40 heteroatoms. The van der Waals surface area contributed by atoms with E-state index in [2.05, 4.69) is 62.2 Å². The largest absolute Gasteiger partial charge is 0.524 e. The smallest absolute Gasteiger partial charge is 0.480 e. The highest BCUT2D eigenvalue weighted by molar-refractivity contribution is 7.46. The number of methoxy groups -OCH3 is 2. The first-order valence-electron chi connectivity index (χ1n) is 35.1. The molecule has 0 aliphatic carbocycles. The van der Waals surface area contributed by atoms with Crippen LogP contribution in [0.5, 0.6) is 5.75 Å². The maximum atomic E-state index is 16.9. The lowest BCUT2D eigenvalue weighted by atomic mass is 9.77. The number of phosphoric ester groups is 1. The zero-order valence-electron chi connectivity index (χ0n) is 62.1. The van der Waals surface area contributed by atoms with Gasteiger partial charge in [0.2, 0.25) is 17.8 Å². The quantitative estimate of drug-likeness (QED) is 0.00561. The molecule has 3 aromatic carbocycles. The molecule has 29 nitrogen and oxygen atoms in total. The number of esters is 1. The molecule has 9 rings (SSSR count). The van der Waals surface area contributed by atoms with Crippen molar-refractivity contribution < 1.29 is 125 Å².